The van der Waals surface area contributed by atoms with Gasteiger partial charge in [-0.1, -0.05) is 63.8 Å². The summed E-state index contributed by atoms with van der Waals surface area (Å²) in [4.78, 5) is 0. The maximum atomic E-state index is 3.45. The van der Waals surface area contributed by atoms with Crippen LogP contribution < -0.4 is 5.32 Å². The normalized spacial score (nSPS) is 12.6. The average Bonchev–Trinajstić information content (AvgIpc) is 2.35. The van der Waals surface area contributed by atoms with Crippen molar-refractivity contribution in [3.8, 4) is 0 Å². The van der Waals surface area contributed by atoms with Gasteiger partial charge in [0.2, 0.25) is 0 Å². The maximum absolute atomic E-state index is 3.45. The quantitative estimate of drug-likeness (QED) is 0.653. The monoisotopic (exact) mass is 233 g/mol. The molecule has 17 heavy (non-hydrogen) atoms. The highest BCUT2D eigenvalue weighted by Gasteiger charge is 2.08. The molecule has 0 spiro atoms. The van der Waals surface area contributed by atoms with Crippen molar-refractivity contribution in [3.05, 3.63) is 35.4 Å². The lowest BCUT2D eigenvalue weighted by Gasteiger charge is -2.17. The van der Waals surface area contributed by atoms with Gasteiger partial charge in [-0.2, -0.15) is 0 Å². The lowest BCUT2D eigenvalue weighted by atomic mass is 9.97. The van der Waals surface area contributed by atoms with Gasteiger partial charge in [0, 0.05) is 6.04 Å². The third-order valence-corrected chi connectivity index (χ3v) is 3.34. The summed E-state index contributed by atoms with van der Waals surface area (Å²) in [7, 11) is 2.07. The topological polar surface area (TPSA) is 12.0 Å². The molecule has 1 N–H and O–H groups in total. The molecule has 1 nitrogen and oxygen atoms in total. The van der Waals surface area contributed by atoms with Crippen molar-refractivity contribution in [2.45, 2.75) is 58.4 Å². The highest BCUT2D eigenvalue weighted by molar-refractivity contribution is 5.26. The van der Waals surface area contributed by atoms with Crippen LogP contribution in [0.15, 0.2) is 24.3 Å². The first-order valence-corrected chi connectivity index (χ1v) is 7.07. The van der Waals surface area contributed by atoms with Gasteiger partial charge in [0.25, 0.3) is 0 Å². The van der Waals surface area contributed by atoms with Crippen molar-refractivity contribution >= 4 is 0 Å². The van der Waals surface area contributed by atoms with Crippen molar-refractivity contribution in [2.24, 2.45) is 0 Å². The van der Waals surface area contributed by atoms with E-state index >= 15 is 0 Å². The van der Waals surface area contributed by atoms with E-state index in [0.717, 1.165) is 0 Å². The molecule has 1 heteroatoms. The molecular formula is C16H27N. The van der Waals surface area contributed by atoms with E-state index in [1.807, 2.05) is 0 Å². The van der Waals surface area contributed by atoms with Crippen LogP contribution in [0.5, 0.6) is 0 Å². The van der Waals surface area contributed by atoms with Crippen molar-refractivity contribution in [1.82, 2.24) is 5.32 Å². The summed E-state index contributed by atoms with van der Waals surface area (Å²) in [6.45, 7) is 4.50. The Morgan fingerprint density at radius 3 is 2.59 bits per heavy atom. The van der Waals surface area contributed by atoms with Gasteiger partial charge < -0.3 is 5.32 Å². The molecule has 0 fully saturated rings. The van der Waals surface area contributed by atoms with Crippen molar-refractivity contribution in [3.63, 3.8) is 0 Å². The van der Waals surface area contributed by atoms with E-state index in [9.17, 15) is 0 Å². The molecule has 96 valence electrons. The molecule has 0 saturated carbocycles. The first kappa shape index (κ1) is 14.2. The van der Waals surface area contributed by atoms with Gasteiger partial charge in [0.05, 0.1) is 0 Å². The van der Waals surface area contributed by atoms with Crippen LogP contribution in [0, 0.1) is 0 Å². The van der Waals surface area contributed by atoms with Crippen LogP contribution in [0.3, 0.4) is 0 Å². The largest absolute Gasteiger partial charge is 0.313 e. The third-order valence-electron chi connectivity index (χ3n) is 3.34. The minimum atomic E-state index is 0.526. The smallest absolute Gasteiger partial charge is 0.0317 e. The summed E-state index contributed by atoms with van der Waals surface area (Å²) in [6.07, 6.45) is 7.63. The third kappa shape index (κ3) is 4.91. The molecule has 1 aromatic carbocycles. The number of rotatable bonds is 8. The Bertz CT molecular complexity index is 306. The molecule has 0 aliphatic carbocycles. The Morgan fingerprint density at radius 2 is 1.94 bits per heavy atom. The van der Waals surface area contributed by atoms with Gasteiger partial charge in [-0.3, -0.25) is 0 Å². The van der Waals surface area contributed by atoms with E-state index in [1.54, 1.807) is 0 Å². The van der Waals surface area contributed by atoms with E-state index in [1.165, 1.54) is 49.7 Å². The van der Waals surface area contributed by atoms with Crippen LogP contribution in [0.2, 0.25) is 0 Å². The number of hydrogen-bond acceptors (Lipinski definition) is 1. The van der Waals surface area contributed by atoms with Gasteiger partial charge in [0.15, 0.2) is 0 Å². The minimum Gasteiger partial charge on any atom is -0.313 e. The second kappa shape index (κ2) is 8.30. The van der Waals surface area contributed by atoms with Crippen LogP contribution in [-0.4, -0.2) is 7.05 Å². The van der Waals surface area contributed by atoms with Crippen molar-refractivity contribution < 1.29 is 0 Å². The van der Waals surface area contributed by atoms with E-state index in [0.29, 0.717) is 6.04 Å². The maximum Gasteiger partial charge on any atom is 0.0317 e. The minimum absolute atomic E-state index is 0.526. The summed E-state index contributed by atoms with van der Waals surface area (Å²) in [6, 6.07) is 9.59. The number of aryl methyl sites for hydroxylation is 1. The number of unbranched alkanes of at least 4 members (excludes halogenated alkanes) is 2. The molecule has 0 aliphatic rings. The van der Waals surface area contributed by atoms with E-state index in [-0.39, 0.29) is 0 Å². The molecular weight excluding hydrogens is 206 g/mol. The number of nitrogens with one attached hydrogen (secondary N) is 1. The van der Waals surface area contributed by atoms with Gasteiger partial charge in [-0.25, -0.2) is 0 Å². The second-order valence-electron chi connectivity index (χ2n) is 4.83. The molecule has 0 amide bonds. The molecule has 0 saturated heterocycles. The van der Waals surface area contributed by atoms with Crippen molar-refractivity contribution in [1.29, 1.82) is 0 Å². The predicted molar refractivity (Wildman–Crippen MR) is 76.4 cm³/mol. The Hall–Kier alpha value is -0.820. The van der Waals surface area contributed by atoms with Crippen LogP contribution >= 0.6 is 0 Å². The van der Waals surface area contributed by atoms with Crippen LogP contribution in [0.4, 0.5) is 0 Å². The van der Waals surface area contributed by atoms with E-state index in [4.69, 9.17) is 0 Å². The van der Waals surface area contributed by atoms with Crippen LogP contribution in [-0.2, 0) is 6.42 Å². The zero-order chi connectivity index (χ0) is 12.5. The van der Waals surface area contributed by atoms with Gasteiger partial charge in [0.1, 0.15) is 0 Å². The first-order valence-electron chi connectivity index (χ1n) is 7.07. The average molecular weight is 233 g/mol. The number of benzene rings is 1. The molecule has 1 rings (SSSR count). The Labute approximate surface area is 107 Å². The molecule has 1 atom stereocenters. The highest BCUT2D eigenvalue weighted by atomic mass is 14.9. The second-order valence-corrected chi connectivity index (χ2v) is 4.83. The zero-order valence-electron chi connectivity index (χ0n) is 11.6. The molecule has 1 aromatic rings. The van der Waals surface area contributed by atoms with E-state index < -0.39 is 0 Å². The first-order chi connectivity index (χ1) is 8.31. The molecule has 0 bridgehead atoms. The highest BCUT2D eigenvalue weighted by Crippen LogP contribution is 2.21. The van der Waals surface area contributed by atoms with E-state index in [2.05, 4.69) is 50.5 Å². The lowest BCUT2D eigenvalue weighted by Crippen LogP contribution is -2.16. The van der Waals surface area contributed by atoms with Gasteiger partial charge in [-0.15, -0.1) is 0 Å². The Balaban J connectivity index is 2.63. The van der Waals surface area contributed by atoms with Crippen LogP contribution in [0.25, 0.3) is 0 Å². The fraction of sp³-hybridized carbons (Fsp3) is 0.625. The molecule has 0 aliphatic heterocycles. The Kier molecular flexibility index (Phi) is 6.95. The predicted octanol–water partition coefficient (Wildman–Crippen LogP) is 4.48. The van der Waals surface area contributed by atoms with Gasteiger partial charge in [-0.05, 0) is 31.0 Å². The summed E-state index contributed by atoms with van der Waals surface area (Å²) >= 11 is 0. The van der Waals surface area contributed by atoms with Crippen molar-refractivity contribution in [2.75, 3.05) is 7.05 Å². The summed E-state index contributed by atoms with van der Waals surface area (Å²) < 4.78 is 0. The fourth-order valence-corrected chi connectivity index (χ4v) is 2.33. The molecule has 1 unspecified atom stereocenters. The Morgan fingerprint density at radius 1 is 1.12 bits per heavy atom. The standard InChI is InChI=1S/C16H27N/c1-4-6-7-12-16(17-3)15-11-8-10-14(13-15)9-5-2/h8,10-11,13,16-17H,4-7,9,12H2,1-3H3. The van der Waals surface area contributed by atoms with Gasteiger partial charge >= 0.3 is 0 Å². The summed E-state index contributed by atoms with van der Waals surface area (Å²) in [5.41, 5.74) is 2.93. The number of hydrogen-bond donors (Lipinski definition) is 1. The zero-order valence-corrected chi connectivity index (χ0v) is 11.6. The fourth-order valence-electron chi connectivity index (χ4n) is 2.33. The SMILES string of the molecule is CCCCCC(NC)c1cccc(CCC)c1. The molecule has 0 aromatic heterocycles. The van der Waals surface area contributed by atoms with Crippen LogP contribution in [0.1, 0.15) is 63.1 Å². The molecule has 0 radical (unpaired) electrons. The summed E-state index contributed by atoms with van der Waals surface area (Å²) in [5, 5.41) is 3.45. The molecule has 0 heterocycles. The lowest BCUT2D eigenvalue weighted by molar-refractivity contribution is 0.511. The summed E-state index contributed by atoms with van der Waals surface area (Å²) in [5.74, 6) is 0.